The average Bonchev–Trinajstić information content (AvgIpc) is 3.04. The Morgan fingerprint density at radius 3 is 2.79 bits per heavy atom. The van der Waals surface area contributed by atoms with Gasteiger partial charge in [-0.2, -0.15) is 0 Å². The summed E-state index contributed by atoms with van der Waals surface area (Å²) in [6, 6.07) is 3.55. The van der Waals surface area contributed by atoms with Gasteiger partial charge in [0.15, 0.2) is 18.0 Å². The summed E-state index contributed by atoms with van der Waals surface area (Å²) >= 11 is 3.38. The fourth-order valence-electron chi connectivity index (χ4n) is 3.48. The van der Waals surface area contributed by atoms with E-state index in [-0.39, 0.29) is 29.5 Å². The Hall–Kier alpha value is -2.28. The van der Waals surface area contributed by atoms with E-state index in [2.05, 4.69) is 15.9 Å². The van der Waals surface area contributed by atoms with Gasteiger partial charge in [0.05, 0.1) is 34.5 Å². The number of esters is 1. The molecule has 6 nitrogen and oxygen atoms in total. The van der Waals surface area contributed by atoms with Crippen molar-refractivity contribution in [3.8, 4) is 17.2 Å². The van der Waals surface area contributed by atoms with E-state index in [1.165, 1.54) is 14.0 Å². The number of aromatic hydroxyl groups is 1. The lowest BCUT2D eigenvalue weighted by molar-refractivity contribution is -0.141. The van der Waals surface area contributed by atoms with Crippen molar-refractivity contribution in [2.24, 2.45) is 0 Å². The number of ether oxygens (including phenoxy) is 3. The number of carbonyl (C=O) groups is 2. The van der Waals surface area contributed by atoms with E-state index in [1.807, 2.05) is 0 Å². The molecule has 2 aromatic rings. The van der Waals surface area contributed by atoms with E-state index in [4.69, 9.17) is 14.2 Å². The summed E-state index contributed by atoms with van der Waals surface area (Å²) in [6.45, 7) is 1.36. The van der Waals surface area contributed by atoms with Gasteiger partial charge in [0.1, 0.15) is 17.2 Å². The van der Waals surface area contributed by atoms with Crippen molar-refractivity contribution in [1.29, 1.82) is 0 Å². The number of carbonyl (C=O) groups excluding carboxylic acids is 2. The molecule has 1 saturated heterocycles. The molecule has 7 heteroatoms. The van der Waals surface area contributed by atoms with Gasteiger partial charge in [-0.3, -0.25) is 9.59 Å². The molecule has 2 aliphatic rings. The molecule has 124 valence electrons. The number of phenolic OH excluding ortho intramolecular Hbond substituents is 1. The third-order valence-corrected chi connectivity index (χ3v) is 5.04. The number of methoxy groups -OCH3 is 1. The molecule has 0 radical (unpaired) electrons. The van der Waals surface area contributed by atoms with Crippen LogP contribution in [0.2, 0.25) is 0 Å². The van der Waals surface area contributed by atoms with Crippen molar-refractivity contribution in [2.75, 3.05) is 7.11 Å². The number of Topliss-reactive ketones (excluding diaryl/α,β-unsaturated/α-hetero) is 1. The second-order valence-corrected chi connectivity index (χ2v) is 6.65. The first-order chi connectivity index (χ1) is 11.4. The Morgan fingerprint density at radius 2 is 2.12 bits per heavy atom. The molecule has 0 bridgehead atoms. The molecule has 24 heavy (non-hydrogen) atoms. The first-order valence-corrected chi connectivity index (χ1v) is 8.15. The average molecular weight is 393 g/mol. The van der Waals surface area contributed by atoms with Crippen LogP contribution >= 0.6 is 15.9 Å². The number of rotatable bonds is 2. The van der Waals surface area contributed by atoms with Gasteiger partial charge in [-0.1, -0.05) is 0 Å². The van der Waals surface area contributed by atoms with Crippen LogP contribution in [-0.4, -0.2) is 30.1 Å². The van der Waals surface area contributed by atoms with Crippen LogP contribution in [0.15, 0.2) is 16.6 Å². The number of hydrogen-bond donors (Lipinski definition) is 1. The smallest absolute Gasteiger partial charge is 0.310 e. The molecule has 0 aromatic heterocycles. The van der Waals surface area contributed by atoms with Crippen molar-refractivity contribution >= 4 is 38.5 Å². The summed E-state index contributed by atoms with van der Waals surface area (Å²) in [6.07, 6.45) is -1.03. The van der Waals surface area contributed by atoms with Crippen LogP contribution in [0.4, 0.5) is 0 Å². The van der Waals surface area contributed by atoms with Gasteiger partial charge in [0.2, 0.25) is 0 Å². The fraction of sp³-hybridized carbons (Fsp3) is 0.294. The minimum Gasteiger partial charge on any atom is -0.506 e. The monoisotopic (exact) mass is 392 g/mol. The van der Waals surface area contributed by atoms with Crippen molar-refractivity contribution in [3.63, 3.8) is 0 Å². The summed E-state index contributed by atoms with van der Waals surface area (Å²) in [4.78, 5) is 23.8. The summed E-state index contributed by atoms with van der Waals surface area (Å²) in [5, 5.41) is 11.8. The van der Waals surface area contributed by atoms with Crippen molar-refractivity contribution in [2.45, 2.75) is 25.6 Å². The molecule has 0 unspecified atom stereocenters. The number of halogens is 1. The van der Waals surface area contributed by atoms with E-state index in [9.17, 15) is 14.7 Å². The lowest BCUT2D eigenvalue weighted by atomic mass is 9.92. The highest BCUT2D eigenvalue weighted by molar-refractivity contribution is 9.10. The molecule has 2 atom stereocenters. The highest BCUT2D eigenvalue weighted by Gasteiger charge is 2.48. The van der Waals surface area contributed by atoms with Crippen LogP contribution in [0.25, 0.3) is 10.8 Å². The predicted octanol–water partition coefficient (Wildman–Crippen LogP) is 3.27. The highest BCUT2D eigenvalue weighted by atomic mass is 79.9. The van der Waals surface area contributed by atoms with Gasteiger partial charge in [-0.25, -0.2) is 0 Å². The topological polar surface area (TPSA) is 82.1 Å². The molecular formula is C17H13BrO6. The summed E-state index contributed by atoms with van der Waals surface area (Å²) in [5.41, 5.74) is 0.545. The second-order valence-electron chi connectivity index (χ2n) is 5.80. The minimum absolute atomic E-state index is 0.108. The van der Waals surface area contributed by atoms with Crippen molar-refractivity contribution < 1.29 is 28.9 Å². The Balaban J connectivity index is 2.13. The van der Waals surface area contributed by atoms with Crippen LogP contribution in [-0.2, 0) is 9.53 Å². The molecular weight excluding hydrogens is 380 g/mol. The third-order valence-electron chi connectivity index (χ3n) is 4.42. The molecule has 0 spiro atoms. The normalized spacial score (nSPS) is 21.2. The molecule has 1 N–H and O–H groups in total. The lowest BCUT2D eigenvalue weighted by Gasteiger charge is -2.17. The van der Waals surface area contributed by atoms with Gasteiger partial charge in [-0.05, 0) is 35.0 Å². The Labute approximate surface area is 145 Å². The Kier molecular flexibility index (Phi) is 3.25. The number of phenols is 1. The fourth-order valence-corrected chi connectivity index (χ4v) is 3.98. The molecule has 2 aliphatic heterocycles. The molecule has 2 aromatic carbocycles. The Bertz CT molecular complexity index is 919. The van der Waals surface area contributed by atoms with Gasteiger partial charge in [0, 0.05) is 5.39 Å². The maximum absolute atomic E-state index is 12.2. The van der Waals surface area contributed by atoms with E-state index in [0.29, 0.717) is 32.3 Å². The summed E-state index contributed by atoms with van der Waals surface area (Å²) in [5.74, 6) is -0.0335. The maximum atomic E-state index is 12.2. The zero-order chi connectivity index (χ0) is 17.2. The lowest BCUT2D eigenvalue weighted by Crippen LogP contribution is -2.12. The largest absolute Gasteiger partial charge is 0.506 e. The molecule has 1 fully saturated rings. The zero-order valence-electron chi connectivity index (χ0n) is 12.9. The molecule has 0 amide bonds. The first kappa shape index (κ1) is 15.3. The Morgan fingerprint density at radius 1 is 1.38 bits per heavy atom. The van der Waals surface area contributed by atoms with Gasteiger partial charge in [0.25, 0.3) is 0 Å². The zero-order valence-corrected chi connectivity index (χ0v) is 14.5. The number of ketones is 1. The number of fused-ring (bicyclic) bond motifs is 5. The van der Waals surface area contributed by atoms with Gasteiger partial charge < -0.3 is 19.3 Å². The second kappa shape index (κ2) is 5.11. The van der Waals surface area contributed by atoms with Crippen LogP contribution in [0.3, 0.4) is 0 Å². The van der Waals surface area contributed by atoms with Crippen molar-refractivity contribution in [1.82, 2.24) is 0 Å². The maximum Gasteiger partial charge on any atom is 0.310 e. The summed E-state index contributed by atoms with van der Waals surface area (Å²) < 4.78 is 17.3. The molecule has 2 heterocycles. The number of benzene rings is 2. The van der Waals surface area contributed by atoms with Crippen molar-refractivity contribution in [3.05, 3.63) is 27.7 Å². The van der Waals surface area contributed by atoms with Crippen LogP contribution in [0.1, 0.15) is 35.4 Å². The van der Waals surface area contributed by atoms with Gasteiger partial charge in [-0.15, -0.1) is 0 Å². The minimum atomic E-state index is -0.670. The van der Waals surface area contributed by atoms with E-state index >= 15 is 0 Å². The van der Waals surface area contributed by atoms with E-state index in [1.54, 1.807) is 12.1 Å². The molecule has 0 saturated carbocycles. The van der Waals surface area contributed by atoms with Gasteiger partial charge >= 0.3 is 5.97 Å². The van der Waals surface area contributed by atoms with Crippen LogP contribution in [0, 0.1) is 0 Å². The molecule has 0 aliphatic carbocycles. The highest BCUT2D eigenvalue weighted by Crippen LogP contribution is 2.54. The van der Waals surface area contributed by atoms with Crippen LogP contribution < -0.4 is 9.47 Å². The van der Waals surface area contributed by atoms with Crippen LogP contribution in [0.5, 0.6) is 17.2 Å². The van der Waals surface area contributed by atoms with E-state index in [0.717, 1.165) is 0 Å². The first-order valence-electron chi connectivity index (χ1n) is 7.36. The standard InChI is InChI=1S/C17H13BrO6/c1-6(19)11-13-15(23-9-5-10(20)24-17(9)13)7-3-4-8(18)16(22-2)12(7)14(11)21/h3-4,9,17,21H,5H2,1-2H3/t9-,17+/m0/s1. The molecule has 4 rings (SSSR count). The quantitative estimate of drug-likeness (QED) is 0.623. The van der Waals surface area contributed by atoms with E-state index < -0.39 is 12.2 Å². The summed E-state index contributed by atoms with van der Waals surface area (Å²) in [7, 11) is 1.48. The third kappa shape index (κ3) is 1.87. The number of hydrogen-bond acceptors (Lipinski definition) is 6. The SMILES string of the molecule is COc1c(Br)ccc2c3c(c(C(C)=O)c(O)c12)[C@@H]1OC(=O)C[C@@H]1O3. The predicted molar refractivity (Wildman–Crippen MR) is 87.7 cm³/mol.